The summed E-state index contributed by atoms with van der Waals surface area (Å²) in [5.41, 5.74) is 5.70. The summed E-state index contributed by atoms with van der Waals surface area (Å²) < 4.78 is 5.50. The maximum absolute atomic E-state index is 13.5. The zero-order chi connectivity index (χ0) is 28.6. The molecule has 0 fully saturated rings. The average Bonchev–Trinajstić information content (AvgIpc) is 2.94. The SMILES string of the molecule is CCCCN1C(=O)NC(c2cccc(NC(=O)Nc3ccc(C)c(C)c3)c2)C(C(=O)OCC)=C1c1ccccc1. The number of nitrogens with one attached hydrogen (secondary N) is 3. The van der Waals surface area contributed by atoms with E-state index in [1.54, 1.807) is 30.0 Å². The highest BCUT2D eigenvalue weighted by Crippen LogP contribution is 2.37. The Kier molecular flexibility index (Phi) is 9.22. The Morgan fingerprint density at radius 3 is 2.30 bits per heavy atom. The fraction of sp³-hybridized carbons (Fsp3) is 0.281. The monoisotopic (exact) mass is 540 g/mol. The van der Waals surface area contributed by atoms with E-state index in [2.05, 4.69) is 22.9 Å². The molecule has 0 radical (unpaired) electrons. The molecule has 1 aliphatic rings. The van der Waals surface area contributed by atoms with Crippen LogP contribution in [-0.4, -0.2) is 36.1 Å². The summed E-state index contributed by atoms with van der Waals surface area (Å²) in [4.78, 5) is 41.3. The van der Waals surface area contributed by atoms with Gasteiger partial charge in [0.1, 0.15) is 0 Å². The average molecular weight is 541 g/mol. The highest BCUT2D eigenvalue weighted by atomic mass is 16.5. The number of amides is 4. The molecule has 0 aliphatic carbocycles. The van der Waals surface area contributed by atoms with Crippen LogP contribution in [0.2, 0.25) is 0 Å². The van der Waals surface area contributed by atoms with E-state index < -0.39 is 18.0 Å². The third kappa shape index (κ3) is 6.51. The molecule has 4 amide bonds. The quantitative estimate of drug-likeness (QED) is 0.260. The van der Waals surface area contributed by atoms with Gasteiger partial charge in [-0.15, -0.1) is 0 Å². The van der Waals surface area contributed by atoms with Crippen molar-refractivity contribution in [3.8, 4) is 0 Å². The Hall–Kier alpha value is -4.59. The van der Waals surface area contributed by atoms with Crippen LogP contribution >= 0.6 is 0 Å². The van der Waals surface area contributed by atoms with E-state index in [-0.39, 0.29) is 12.6 Å². The van der Waals surface area contributed by atoms with Crippen LogP contribution in [0.15, 0.2) is 78.4 Å². The molecule has 8 heteroatoms. The number of esters is 1. The second-order valence-electron chi connectivity index (χ2n) is 9.74. The number of rotatable bonds is 9. The third-order valence-electron chi connectivity index (χ3n) is 6.85. The zero-order valence-electron chi connectivity index (χ0n) is 23.4. The number of carbonyl (C=O) groups is 3. The standard InChI is InChI=1S/C32H36N4O4/c1-5-7-18-36-29(23-12-9-8-10-13-23)27(30(37)40-6-2)28(35-32(36)39)24-14-11-15-25(20-24)33-31(38)34-26-17-16-21(3)22(4)19-26/h8-17,19-20,28H,5-7,18H2,1-4H3,(H,35,39)(H2,33,34,38). The van der Waals surface area contributed by atoms with Crippen molar-refractivity contribution >= 4 is 35.1 Å². The van der Waals surface area contributed by atoms with E-state index in [0.717, 1.165) is 29.5 Å². The summed E-state index contributed by atoms with van der Waals surface area (Å²) in [5, 5.41) is 8.72. The van der Waals surface area contributed by atoms with Gasteiger partial charge in [0.15, 0.2) is 0 Å². The van der Waals surface area contributed by atoms with Gasteiger partial charge in [-0.3, -0.25) is 4.90 Å². The molecule has 40 heavy (non-hydrogen) atoms. The number of hydrogen-bond acceptors (Lipinski definition) is 4. The third-order valence-corrected chi connectivity index (χ3v) is 6.85. The van der Waals surface area contributed by atoms with Crippen LogP contribution < -0.4 is 16.0 Å². The van der Waals surface area contributed by atoms with Gasteiger partial charge in [0, 0.05) is 17.9 Å². The number of nitrogens with zero attached hydrogens (tertiary/aromatic N) is 1. The summed E-state index contributed by atoms with van der Waals surface area (Å²) in [6.07, 6.45) is 1.67. The lowest BCUT2D eigenvalue weighted by Gasteiger charge is -2.37. The first-order chi connectivity index (χ1) is 19.3. The van der Waals surface area contributed by atoms with Crippen molar-refractivity contribution < 1.29 is 19.1 Å². The van der Waals surface area contributed by atoms with Gasteiger partial charge in [0.2, 0.25) is 0 Å². The Labute approximate surface area is 235 Å². The summed E-state index contributed by atoms with van der Waals surface area (Å²) >= 11 is 0. The van der Waals surface area contributed by atoms with E-state index in [0.29, 0.717) is 34.8 Å². The fourth-order valence-corrected chi connectivity index (χ4v) is 4.68. The number of benzene rings is 3. The van der Waals surface area contributed by atoms with E-state index in [4.69, 9.17) is 4.74 Å². The number of unbranched alkanes of at least 4 members (excludes halogenated alkanes) is 1. The minimum Gasteiger partial charge on any atom is -0.463 e. The largest absolute Gasteiger partial charge is 0.463 e. The van der Waals surface area contributed by atoms with Crippen LogP contribution in [0, 0.1) is 13.8 Å². The summed E-state index contributed by atoms with van der Waals surface area (Å²) in [7, 11) is 0. The number of ether oxygens (including phenoxy) is 1. The van der Waals surface area contributed by atoms with Crippen LogP contribution in [0.4, 0.5) is 21.0 Å². The predicted octanol–water partition coefficient (Wildman–Crippen LogP) is 6.79. The van der Waals surface area contributed by atoms with Crippen LogP contribution in [-0.2, 0) is 9.53 Å². The molecule has 0 spiro atoms. The molecule has 3 aromatic rings. The van der Waals surface area contributed by atoms with Gasteiger partial charge in [-0.25, -0.2) is 14.4 Å². The number of carbonyl (C=O) groups excluding carboxylic acids is 3. The first-order valence-electron chi connectivity index (χ1n) is 13.6. The summed E-state index contributed by atoms with van der Waals surface area (Å²) in [6, 6.07) is 20.8. The molecule has 1 atom stereocenters. The van der Waals surface area contributed by atoms with Crippen LogP contribution in [0.5, 0.6) is 0 Å². The molecule has 208 valence electrons. The van der Waals surface area contributed by atoms with Gasteiger partial charge >= 0.3 is 18.0 Å². The highest BCUT2D eigenvalue weighted by Gasteiger charge is 2.38. The molecule has 3 aromatic carbocycles. The lowest BCUT2D eigenvalue weighted by atomic mass is 9.91. The molecule has 0 bridgehead atoms. The molecule has 1 unspecified atom stereocenters. The number of urea groups is 2. The van der Waals surface area contributed by atoms with E-state index in [9.17, 15) is 14.4 Å². The first kappa shape index (κ1) is 28.4. The number of anilines is 2. The second kappa shape index (κ2) is 13.0. The Bertz CT molecular complexity index is 1420. The topological polar surface area (TPSA) is 99.8 Å². The molecule has 0 saturated heterocycles. The minimum atomic E-state index is -0.774. The van der Waals surface area contributed by atoms with Crippen molar-refractivity contribution in [2.75, 3.05) is 23.8 Å². The maximum Gasteiger partial charge on any atom is 0.338 e. The van der Waals surface area contributed by atoms with Gasteiger partial charge in [0.25, 0.3) is 0 Å². The molecular formula is C32H36N4O4. The summed E-state index contributed by atoms with van der Waals surface area (Å²) in [6.45, 7) is 8.47. The first-order valence-corrected chi connectivity index (χ1v) is 13.6. The Morgan fingerprint density at radius 2 is 1.62 bits per heavy atom. The molecule has 4 rings (SSSR count). The van der Waals surface area contributed by atoms with Crippen molar-refractivity contribution in [2.24, 2.45) is 0 Å². The van der Waals surface area contributed by atoms with Crippen molar-refractivity contribution in [3.63, 3.8) is 0 Å². The predicted molar refractivity (Wildman–Crippen MR) is 158 cm³/mol. The van der Waals surface area contributed by atoms with Gasteiger partial charge in [0.05, 0.1) is 23.9 Å². The van der Waals surface area contributed by atoms with Crippen molar-refractivity contribution in [1.82, 2.24) is 10.2 Å². The number of hydrogen-bond donors (Lipinski definition) is 3. The van der Waals surface area contributed by atoms with E-state index >= 15 is 0 Å². The molecule has 1 aliphatic heterocycles. The normalized spacial score (nSPS) is 14.9. The molecule has 0 saturated carbocycles. The van der Waals surface area contributed by atoms with E-state index in [1.165, 1.54) is 0 Å². The zero-order valence-corrected chi connectivity index (χ0v) is 23.4. The Balaban J connectivity index is 1.71. The van der Waals surface area contributed by atoms with Gasteiger partial charge in [-0.2, -0.15) is 0 Å². The minimum absolute atomic E-state index is 0.195. The van der Waals surface area contributed by atoms with Gasteiger partial charge in [-0.05, 0) is 73.7 Å². The Morgan fingerprint density at radius 1 is 0.900 bits per heavy atom. The maximum atomic E-state index is 13.5. The van der Waals surface area contributed by atoms with Crippen LogP contribution in [0.3, 0.4) is 0 Å². The smallest absolute Gasteiger partial charge is 0.338 e. The highest BCUT2D eigenvalue weighted by molar-refractivity contribution is 6.05. The van der Waals surface area contributed by atoms with Crippen LogP contribution in [0.1, 0.15) is 55.0 Å². The molecule has 1 heterocycles. The van der Waals surface area contributed by atoms with Crippen molar-refractivity contribution in [2.45, 2.75) is 46.6 Å². The fourth-order valence-electron chi connectivity index (χ4n) is 4.68. The molecular weight excluding hydrogens is 504 g/mol. The lowest BCUT2D eigenvalue weighted by Crippen LogP contribution is -2.48. The lowest BCUT2D eigenvalue weighted by molar-refractivity contribution is -0.138. The van der Waals surface area contributed by atoms with Crippen LogP contribution in [0.25, 0.3) is 5.70 Å². The second-order valence-corrected chi connectivity index (χ2v) is 9.74. The summed E-state index contributed by atoms with van der Waals surface area (Å²) in [5.74, 6) is -0.501. The van der Waals surface area contributed by atoms with Crippen molar-refractivity contribution in [1.29, 1.82) is 0 Å². The molecule has 8 nitrogen and oxygen atoms in total. The molecule has 0 aromatic heterocycles. The number of aryl methyl sites for hydroxylation is 2. The van der Waals surface area contributed by atoms with Gasteiger partial charge in [-0.1, -0.05) is 61.9 Å². The van der Waals surface area contributed by atoms with Crippen molar-refractivity contribution in [3.05, 3.63) is 101 Å². The van der Waals surface area contributed by atoms with E-state index in [1.807, 2.05) is 68.4 Å². The molecule has 3 N–H and O–H groups in total. The van der Waals surface area contributed by atoms with Gasteiger partial charge < -0.3 is 20.7 Å².